The van der Waals surface area contributed by atoms with Crippen molar-refractivity contribution in [3.63, 3.8) is 0 Å². The van der Waals surface area contributed by atoms with Gasteiger partial charge in [-0.1, -0.05) is 32.0 Å². The summed E-state index contributed by atoms with van der Waals surface area (Å²) in [4.78, 5) is 0. The fraction of sp³-hybridized carbons (Fsp3) is 0.455. The fourth-order valence-electron chi connectivity index (χ4n) is 1.70. The highest BCUT2D eigenvalue weighted by molar-refractivity contribution is 5.23. The third kappa shape index (κ3) is 1.35. The quantitative estimate of drug-likeness (QED) is 0.645. The summed E-state index contributed by atoms with van der Waals surface area (Å²) in [5.41, 5.74) is 0.751. The van der Waals surface area contributed by atoms with Gasteiger partial charge >= 0.3 is 0 Å². The van der Waals surface area contributed by atoms with Crippen molar-refractivity contribution >= 4 is 0 Å². The van der Waals surface area contributed by atoms with Crippen molar-refractivity contribution in [2.75, 3.05) is 6.61 Å². The van der Waals surface area contributed by atoms with Gasteiger partial charge in [0.1, 0.15) is 5.82 Å². The maximum atomic E-state index is 13.3. The standard InChI is InChI=1S/C11H13FO/c1-11(2)7-13-10(11)8-5-3-4-6-9(8)12/h3-6,10H,7H2,1-2H3/t10-/m1/s1. The summed E-state index contributed by atoms with van der Waals surface area (Å²) in [6.07, 6.45) is -0.0753. The van der Waals surface area contributed by atoms with Gasteiger partial charge in [0.05, 0.1) is 12.7 Å². The molecule has 1 aliphatic heterocycles. The molecule has 0 saturated carbocycles. The molecule has 0 bridgehead atoms. The average Bonchev–Trinajstić information content (AvgIpc) is 2.07. The van der Waals surface area contributed by atoms with E-state index in [0.717, 1.165) is 0 Å². The number of rotatable bonds is 1. The maximum absolute atomic E-state index is 13.3. The minimum absolute atomic E-state index is 0.0716. The molecular formula is C11H13FO. The van der Waals surface area contributed by atoms with Gasteiger partial charge in [-0.05, 0) is 6.07 Å². The van der Waals surface area contributed by atoms with Crippen LogP contribution >= 0.6 is 0 Å². The molecule has 1 aromatic rings. The van der Waals surface area contributed by atoms with Gasteiger partial charge in [-0.2, -0.15) is 0 Å². The molecule has 0 spiro atoms. The van der Waals surface area contributed by atoms with Crippen LogP contribution in [0.15, 0.2) is 24.3 Å². The van der Waals surface area contributed by atoms with Crippen molar-refractivity contribution in [2.45, 2.75) is 20.0 Å². The molecule has 1 aliphatic rings. The van der Waals surface area contributed by atoms with Crippen molar-refractivity contribution in [2.24, 2.45) is 5.41 Å². The van der Waals surface area contributed by atoms with Gasteiger partial charge in [0.2, 0.25) is 0 Å². The first kappa shape index (κ1) is 8.70. The minimum Gasteiger partial charge on any atom is -0.372 e. The molecule has 0 aliphatic carbocycles. The van der Waals surface area contributed by atoms with Crippen LogP contribution in [0.5, 0.6) is 0 Å². The molecule has 0 aromatic heterocycles. The normalized spacial score (nSPS) is 25.3. The van der Waals surface area contributed by atoms with Gasteiger partial charge in [0.15, 0.2) is 0 Å². The molecular weight excluding hydrogens is 167 g/mol. The molecule has 1 heterocycles. The highest BCUT2D eigenvalue weighted by atomic mass is 19.1. The molecule has 1 aromatic carbocycles. The predicted molar refractivity (Wildman–Crippen MR) is 48.9 cm³/mol. The summed E-state index contributed by atoms with van der Waals surface area (Å²) in [5, 5.41) is 0. The van der Waals surface area contributed by atoms with E-state index in [-0.39, 0.29) is 17.3 Å². The third-order valence-corrected chi connectivity index (χ3v) is 2.52. The molecule has 1 nitrogen and oxygen atoms in total. The van der Waals surface area contributed by atoms with Gasteiger partial charge < -0.3 is 4.74 Å². The Hall–Kier alpha value is -0.890. The van der Waals surface area contributed by atoms with Gasteiger partial charge in [0, 0.05) is 11.0 Å². The van der Waals surface area contributed by atoms with E-state index >= 15 is 0 Å². The molecule has 0 unspecified atom stereocenters. The Labute approximate surface area is 77.5 Å². The Morgan fingerprint density at radius 2 is 2.08 bits per heavy atom. The highest BCUT2D eigenvalue weighted by Crippen LogP contribution is 2.46. The van der Waals surface area contributed by atoms with E-state index in [1.807, 2.05) is 6.07 Å². The van der Waals surface area contributed by atoms with E-state index in [1.54, 1.807) is 12.1 Å². The predicted octanol–water partition coefficient (Wildman–Crippen LogP) is 2.92. The van der Waals surface area contributed by atoms with E-state index in [9.17, 15) is 4.39 Å². The second-order valence-corrected chi connectivity index (χ2v) is 4.20. The molecule has 0 radical (unpaired) electrons. The van der Waals surface area contributed by atoms with E-state index in [0.29, 0.717) is 12.2 Å². The lowest BCUT2D eigenvalue weighted by Gasteiger charge is -2.44. The Morgan fingerprint density at radius 3 is 2.54 bits per heavy atom. The first-order valence-corrected chi connectivity index (χ1v) is 4.47. The van der Waals surface area contributed by atoms with E-state index in [4.69, 9.17) is 4.74 Å². The van der Waals surface area contributed by atoms with Crippen LogP contribution < -0.4 is 0 Å². The van der Waals surface area contributed by atoms with Gasteiger partial charge in [-0.25, -0.2) is 4.39 Å². The molecule has 1 atom stereocenters. The maximum Gasteiger partial charge on any atom is 0.129 e. The van der Waals surface area contributed by atoms with Crippen molar-refractivity contribution in [1.82, 2.24) is 0 Å². The second kappa shape index (κ2) is 2.81. The number of halogens is 1. The smallest absolute Gasteiger partial charge is 0.129 e. The number of hydrogen-bond acceptors (Lipinski definition) is 1. The van der Waals surface area contributed by atoms with Crippen LogP contribution in [0.25, 0.3) is 0 Å². The molecule has 0 amide bonds. The zero-order valence-corrected chi connectivity index (χ0v) is 7.88. The van der Waals surface area contributed by atoms with E-state index < -0.39 is 0 Å². The zero-order chi connectivity index (χ0) is 9.47. The molecule has 0 N–H and O–H groups in total. The van der Waals surface area contributed by atoms with Gasteiger partial charge in [0.25, 0.3) is 0 Å². The summed E-state index contributed by atoms with van der Waals surface area (Å²) in [6, 6.07) is 6.81. The third-order valence-electron chi connectivity index (χ3n) is 2.52. The molecule has 2 rings (SSSR count). The molecule has 13 heavy (non-hydrogen) atoms. The molecule has 70 valence electrons. The lowest BCUT2D eigenvalue weighted by Crippen LogP contribution is -2.40. The van der Waals surface area contributed by atoms with Crippen LogP contribution in [0.1, 0.15) is 25.5 Å². The van der Waals surface area contributed by atoms with Gasteiger partial charge in [-0.15, -0.1) is 0 Å². The molecule has 2 heteroatoms. The average molecular weight is 180 g/mol. The number of ether oxygens (including phenoxy) is 1. The number of hydrogen-bond donors (Lipinski definition) is 0. The summed E-state index contributed by atoms with van der Waals surface area (Å²) in [6.45, 7) is 4.90. The lowest BCUT2D eigenvalue weighted by atomic mass is 9.79. The van der Waals surface area contributed by atoms with Crippen molar-refractivity contribution in [3.8, 4) is 0 Å². The van der Waals surface area contributed by atoms with E-state index in [1.165, 1.54) is 6.07 Å². The fourth-order valence-corrected chi connectivity index (χ4v) is 1.70. The van der Waals surface area contributed by atoms with Crippen molar-refractivity contribution < 1.29 is 9.13 Å². The van der Waals surface area contributed by atoms with Crippen LogP contribution in [-0.4, -0.2) is 6.61 Å². The van der Waals surface area contributed by atoms with Gasteiger partial charge in [-0.3, -0.25) is 0 Å². The van der Waals surface area contributed by atoms with Crippen LogP contribution in [0.3, 0.4) is 0 Å². The molecule has 1 saturated heterocycles. The SMILES string of the molecule is CC1(C)CO[C@@H]1c1ccccc1F. The second-order valence-electron chi connectivity index (χ2n) is 4.20. The summed E-state index contributed by atoms with van der Waals surface area (Å²) >= 11 is 0. The summed E-state index contributed by atoms with van der Waals surface area (Å²) in [7, 11) is 0. The zero-order valence-electron chi connectivity index (χ0n) is 7.88. The lowest BCUT2D eigenvalue weighted by molar-refractivity contribution is -0.173. The largest absolute Gasteiger partial charge is 0.372 e. The van der Waals surface area contributed by atoms with Crippen LogP contribution in [0, 0.1) is 11.2 Å². The van der Waals surface area contributed by atoms with Crippen molar-refractivity contribution in [1.29, 1.82) is 0 Å². The van der Waals surface area contributed by atoms with E-state index in [2.05, 4.69) is 13.8 Å². The monoisotopic (exact) mass is 180 g/mol. The first-order chi connectivity index (χ1) is 6.11. The highest BCUT2D eigenvalue weighted by Gasteiger charge is 2.42. The van der Waals surface area contributed by atoms with Crippen molar-refractivity contribution in [3.05, 3.63) is 35.6 Å². The van der Waals surface area contributed by atoms with Crippen LogP contribution in [-0.2, 0) is 4.74 Å². The first-order valence-electron chi connectivity index (χ1n) is 4.47. The van der Waals surface area contributed by atoms with Crippen LogP contribution in [0.2, 0.25) is 0 Å². The Balaban J connectivity index is 2.32. The Kier molecular flexibility index (Phi) is 1.88. The Morgan fingerprint density at radius 1 is 1.38 bits per heavy atom. The minimum atomic E-state index is -0.166. The summed E-state index contributed by atoms with van der Waals surface area (Å²) in [5.74, 6) is -0.166. The summed E-state index contributed by atoms with van der Waals surface area (Å²) < 4.78 is 18.7. The molecule has 1 fully saturated rings. The van der Waals surface area contributed by atoms with Crippen LogP contribution in [0.4, 0.5) is 4.39 Å². The Bertz CT molecular complexity index is 320. The topological polar surface area (TPSA) is 9.23 Å². The number of benzene rings is 1.